The number of nitrogens with one attached hydrogen (secondary N) is 1. The van der Waals surface area contributed by atoms with Crippen molar-refractivity contribution in [1.82, 2.24) is 5.32 Å². The van der Waals surface area contributed by atoms with E-state index in [4.69, 9.17) is 4.74 Å². The van der Waals surface area contributed by atoms with E-state index in [0.29, 0.717) is 6.42 Å². The fourth-order valence-electron chi connectivity index (χ4n) is 1.90. The summed E-state index contributed by atoms with van der Waals surface area (Å²) in [5.41, 5.74) is -0.435. The van der Waals surface area contributed by atoms with E-state index >= 15 is 0 Å². The lowest BCUT2D eigenvalue weighted by molar-refractivity contribution is -0.158. The van der Waals surface area contributed by atoms with Crippen LogP contribution >= 0.6 is 0 Å². The molecular formula is C17H31NO4. The standard InChI is InChI=1S/C17H31NO4/c1-16(2,3)11-7-10-14(20)18-13(9-8-12-19)15(21)22-17(4,5)6/h12-13H,7-11H2,1-6H3,(H,18,20). The number of esters is 1. The number of carbonyl (C=O) groups excluding carboxylic acids is 3. The van der Waals surface area contributed by atoms with E-state index in [1.165, 1.54) is 0 Å². The highest BCUT2D eigenvalue weighted by Crippen LogP contribution is 2.21. The number of ether oxygens (including phenoxy) is 1. The first kappa shape index (κ1) is 20.6. The van der Waals surface area contributed by atoms with Gasteiger partial charge in [0.2, 0.25) is 5.91 Å². The lowest BCUT2D eigenvalue weighted by Crippen LogP contribution is -2.44. The van der Waals surface area contributed by atoms with Gasteiger partial charge in [-0.1, -0.05) is 20.8 Å². The summed E-state index contributed by atoms with van der Waals surface area (Å²) in [6.07, 6.45) is 3.30. The molecule has 1 unspecified atom stereocenters. The van der Waals surface area contributed by atoms with Crippen molar-refractivity contribution in [1.29, 1.82) is 0 Å². The zero-order valence-corrected chi connectivity index (χ0v) is 14.8. The zero-order chi connectivity index (χ0) is 17.4. The normalized spacial score (nSPS) is 13.4. The Bertz CT molecular complexity index is 377. The van der Waals surface area contributed by atoms with Crippen molar-refractivity contribution < 1.29 is 19.1 Å². The number of hydrogen-bond donors (Lipinski definition) is 1. The number of hydrogen-bond acceptors (Lipinski definition) is 4. The van der Waals surface area contributed by atoms with Crippen LogP contribution < -0.4 is 5.32 Å². The average molecular weight is 313 g/mol. The van der Waals surface area contributed by atoms with Gasteiger partial charge < -0.3 is 14.8 Å². The molecular weight excluding hydrogens is 282 g/mol. The molecule has 0 aliphatic carbocycles. The summed E-state index contributed by atoms with van der Waals surface area (Å²) in [6.45, 7) is 11.7. The van der Waals surface area contributed by atoms with Crippen LogP contribution in [0.15, 0.2) is 0 Å². The first-order valence-corrected chi connectivity index (χ1v) is 7.90. The summed E-state index contributed by atoms with van der Waals surface area (Å²) in [7, 11) is 0. The van der Waals surface area contributed by atoms with Crippen LogP contribution in [0.3, 0.4) is 0 Å². The average Bonchev–Trinajstić information content (AvgIpc) is 2.30. The monoisotopic (exact) mass is 313 g/mol. The van der Waals surface area contributed by atoms with Crippen molar-refractivity contribution in [3.8, 4) is 0 Å². The molecule has 0 bridgehead atoms. The van der Waals surface area contributed by atoms with E-state index in [9.17, 15) is 14.4 Å². The van der Waals surface area contributed by atoms with Gasteiger partial charge in [-0.05, 0) is 45.4 Å². The maximum Gasteiger partial charge on any atom is 0.329 e. The smallest absolute Gasteiger partial charge is 0.329 e. The molecule has 5 nitrogen and oxygen atoms in total. The third kappa shape index (κ3) is 11.3. The lowest BCUT2D eigenvalue weighted by Gasteiger charge is -2.24. The van der Waals surface area contributed by atoms with Gasteiger partial charge in [-0.3, -0.25) is 4.79 Å². The number of carbonyl (C=O) groups is 3. The second-order valence-corrected chi connectivity index (χ2v) is 7.81. The van der Waals surface area contributed by atoms with Crippen LogP contribution in [0.2, 0.25) is 0 Å². The Labute approximate surface area is 134 Å². The maximum atomic E-state index is 12.1. The molecule has 0 fully saturated rings. The number of rotatable bonds is 8. The zero-order valence-electron chi connectivity index (χ0n) is 14.8. The maximum absolute atomic E-state index is 12.1. The third-order valence-corrected chi connectivity index (χ3v) is 2.93. The molecule has 0 aliphatic heterocycles. The fourth-order valence-corrected chi connectivity index (χ4v) is 1.90. The molecule has 1 amide bonds. The van der Waals surface area contributed by atoms with Crippen LogP contribution in [0.5, 0.6) is 0 Å². The van der Waals surface area contributed by atoms with Crippen LogP contribution in [0.25, 0.3) is 0 Å². The van der Waals surface area contributed by atoms with Gasteiger partial charge in [0.25, 0.3) is 0 Å². The first-order chi connectivity index (χ1) is 9.94. The van der Waals surface area contributed by atoms with Crippen molar-refractivity contribution in [3.63, 3.8) is 0 Å². The molecule has 0 aliphatic rings. The van der Waals surface area contributed by atoms with Gasteiger partial charge in [0.15, 0.2) is 0 Å². The summed E-state index contributed by atoms with van der Waals surface area (Å²) < 4.78 is 5.29. The summed E-state index contributed by atoms with van der Waals surface area (Å²) in [5.74, 6) is -0.662. The van der Waals surface area contributed by atoms with Crippen LogP contribution in [0.1, 0.15) is 73.6 Å². The molecule has 1 atom stereocenters. The topological polar surface area (TPSA) is 72.5 Å². The third-order valence-electron chi connectivity index (χ3n) is 2.93. The Hall–Kier alpha value is -1.39. The van der Waals surface area contributed by atoms with E-state index in [1.54, 1.807) is 20.8 Å². The Morgan fingerprint density at radius 2 is 1.73 bits per heavy atom. The molecule has 22 heavy (non-hydrogen) atoms. The fraction of sp³-hybridized carbons (Fsp3) is 0.824. The lowest BCUT2D eigenvalue weighted by atomic mass is 9.90. The number of amides is 1. The molecule has 0 rings (SSSR count). The summed E-state index contributed by atoms with van der Waals surface area (Å²) in [5, 5.41) is 2.69. The predicted octanol–water partition coefficient (Wildman–Crippen LogP) is 3.01. The molecule has 0 heterocycles. The highest BCUT2D eigenvalue weighted by atomic mass is 16.6. The molecule has 0 aromatic carbocycles. The van der Waals surface area contributed by atoms with Crippen molar-refractivity contribution in [2.75, 3.05) is 0 Å². The van der Waals surface area contributed by atoms with Gasteiger partial charge in [0.05, 0.1) is 0 Å². The molecule has 0 aromatic heterocycles. The van der Waals surface area contributed by atoms with E-state index in [0.717, 1.165) is 19.1 Å². The highest BCUT2D eigenvalue weighted by Gasteiger charge is 2.26. The summed E-state index contributed by atoms with van der Waals surface area (Å²) in [6, 6.07) is -0.758. The Morgan fingerprint density at radius 1 is 1.14 bits per heavy atom. The van der Waals surface area contributed by atoms with E-state index < -0.39 is 17.6 Å². The quantitative estimate of drug-likeness (QED) is 0.552. The largest absolute Gasteiger partial charge is 0.458 e. The Balaban J connectivity index is 4.48. The van der Waals surface area contributed by atoms with Crippen LogP contribution in [0, 0.1) is 5.41 Å². The Morgan fingerprint density at radius 3 is 2.18 bits per heavy atom. The Kier molecular flexibility index (Phi) is 8.35. The minimum Gasteiger partial charge on any atom is -0.458 e. The molecule has 0 saturated carbocycles. The molecule has 0 saturated heterocycles. The van der Waals surface area contributed by atoms with Gasteiger partial charge in [-0.2, -0.15) is 0 Å². The van der Waals surface area contributed by atoms with Crippen LogP contribution in [-0.4, -0.2) is 29.8 Å². The highest BCUT2D eigenvalue weighted by molar-refractivity contribution is 5.84. The van der Waals surface area contributed by atoms with Crippen LogP contribution in [0.4, 0.5) is 0 Å². The molecule has 5 heteroatoms. The summed E-state index contributed by atoms with van der Waals surface area (Å²) >= 11 is 0. The van der Waals surface area contributed by atoms with Crippen molar-refractivity contribution in [3.05, 3.63) is 0 Å². The van der Waals surface area contributed by atoms with Crippen molar-refractivity contribution >= 4 is 18.2 Å². The van der Waals surface area contributed by atoms with Gasteiger partial charge in [-0.15, -0.1) is 0 Å². The second-order valence-electron chi connectivity index (χ2n) is 7.81. The molecule has 0 aromatic rings. The van der Waals surface area contributed by atoms with Gasteiger partial charge in [0, 0.05) is 12.8 Å². The summed E-state index contributed by atoms with van der Waals surface area (Å²) in [4.78, 5) is 34.6. The molecule has 0 spiro atoms. The second kappa shape index (κ2) is 8.91. The van der Waals surface area contributed by atoms with E-state index in [2.05, 4.69) is 26.1 Å². The van der Waals surface area contributed by atoms with Gasteiger partial charge in [0.1, 0.15) is 17.9 Å². The minimum absolute atomic E-state index is 0.175. The van der Waals surface area contributed by atoms with E-state index in [-0.39, 0.29) is 24.2 Å². The minimum atomic E-state index is -0.758. The number of aldehydes is 1. The molecule has 1 N–H and O–H groups in total. The molecule has 128 valence electrons. The SMILES string of the molecule is CC(C)(C)CCCC(=O)NC(CCC=O)C(=O)OC(C)(C)C. The predicted molar refractivity (Wildman–Crippen MR) is 86.4 cm³/mol. The van der Waals surface area contributed by atoms with Crippen molar-refractivity contribution in [2.24, 2.45) is 5.41 Å². The van der Waals surface area contributed by atoms with E-state index in [1.807, 2.05) is 0 Å². The molecule has 0 radical (unpaired) electrons. The van der Waals surface area contributed by atoms with Gasteiger partial charge in [-0.25, -0.2) is 4.79 Å². The van der Waals surface area contributed by atoms with Crippen molar-refractivity contribution in [2.45, 2.75) is 85.3 Å². The first-order valence-electron chi connectivity index (χ1n) is 7.90. The van der Waals surface area contributed by atoms with Gasteiger partial charge >= 0.3 is 5.97 Å². The van der Waals surface area contributed by atoms with Crippen LogP contribution in [-0.2, 0) is 19.1 Å².